The topological polar surface area (TPSA) is 74.8 Å². The smallest absolute Gasteiger partial charge is 0.336 e. The molecular weight excluding hydrogens is 421 g/mol. The fourth-order valence-electron chi connectivity index (χ4n) is 3.24. The van der Waals surface area contributed by atoms with Crippen LogP contribution in [0.4, 0.5) is 13.2 Å². The highest BCUT2D eigenvalue weighted by molar-refractivity contribution is 7.89. The number of ketones is 1. The maximum absolute atomic E-state index is 13.2. The van der Waals surface area contributed by atoms with Gasteiger partial charge in [-0.3, -0.25) is 9.59 Å². The lowest BCUT2D eigenvalue weighted by Gasteiger charge is -2.34. The molecule has 3 rings (SSSR count). The Kier molecular flexibility index (Phi) is 6.00. The summed E-state index contributed by atoms with van der Waals surface area (Å²) in [6, 6.07) is 10.2. The summed E-state index contributed by atoms with van der Waals surface area (Å²) in [6.45, 7) is 1.11. The zero-order valence-corrected chi connectivity index (χ0v) is 16.8. The van der Waals surface area contributed by atoms with Gasteiger partial charge >= 0.3 is 6.18 Å². The number of amides is 1. The van der Waals surface area contributed by atoms with Gasteiger partial charge < -0.3 is 4.90 Å². The molecule has 1 heterocycles. The van der Waals surface area contributed by atoms with Crippen molar-refractivity contribution in [2.45, 2.75) is 18.0 Å². The van der Waals surface area contributed by atoms with Gasteiger partial charge in [0.25, 0.3) is 5.91 Å². The van der Waals surface area contributed by atoms with Crippen LogP contribution in [-0.2, 0) is 16.2 Å². The number of carbonyl (C=O) groups is 2. The summed E-state index contributed by atoms with van der Waals surface area (Å²) >= 11 is 0. The van der Waals surface area contributed by atoms with Crippen LogP contribution in [-0.4, -0.2) is 55.5 Å². The molecular formula is C20H19F3N2O4S. The van der Waals surface area contributed by atoms with Crippen molar-refractivity contribution in [3.05, 3.63) is 65.2 Å². The Bertz CT molecular complexity index is 1080. The van der Waals surface area contributed by atoms with Crippen molar-refractivity contribution in [2.24, 2.45) is 0 Å². The van der Waals surface area contributed by atoms with E-state index in [1.165, 1.54) is 48.2 Å². The molecule has 1 aliphatic rings. The van der Waals surface area contributed by atoms with Crippen LogP contribution in [0.15, 0.2) is 53.4 Å². The number of nitrogens with zero attached hydrogens (tertiary/aromatic N) is 2. The molecule has 0 atom stereocenters. The number of alkyl halides is 3. The first kappa shape index (κ1) is 22.0. The van der Waals surface area contributed by atoms with E-state index in [0.717, 1.165) is 16.4 Å². The summed E-state index contributed by atoms with van der Waals surface area (Å²) in [5, 5.41) is 0. The summed E-state index contributed by atoms with van der Waals surface area (Å²) in [7, 11) is -3.90. The Morgan fingerprint density at radius 1 is 0.933 bits per heavy atom. The normalized spacial score (nSPS) is 15.8. The number of rotatable bonds is 4. The Balaban J connectivity index is 1.76. The standard InChI is InChI=1S/C20H19F3N2O4S/c1-14(26)15-5-4-6-16(13-15)30(28,29)25-11-9-24(10-12-25)19(27)17-7-2-3-8-18(17)20(21,22)23/h2-8,13H,9-12H2,1H3. The third-order valence-corrected chi connectivity index (χ3v) is 6.76. The van der Waals surface area contributed by atoms with E-state index in [2.05, 4.69) is 0 Å². The van der Waals surface area contributed by atoms with Crippen LogP contribution in [0.2, 0.25) is 0 Å². The lowest BCUT2D eigenvalue weighted by atomic mass is 10.1. The zero-order chi connectivity index (χ0) is 22.1. The van der Waals surface area contributed by atoms with Gasteiger partial charge in [-0.2, -0.15) is 17.5 Å². The van der Waals surface area contributed by atoms with Gasteiger partial charge in [-0.25, -0.2) is 8.42 Å². The van der Waals surface area contributed by atoms with Crippen molar-refractivity contribution in [1.82, 2.24) is 9.21 Å². The van der Waals surface area contributed by atoms with Crippen LogP contribution < -0.4 is 0 Å². The number of hydrogen-bond donors (Lipinski definition) is 0. The minimum Gasteiger partial charge on any atom is -0.336 e. The summed E-state index contributed by atoms with van der Waals surface area (Å²) in [5.74, 6) is -1.07. The molecule has 0 bridgehead atoms. The quantitative estimate of drug-likeness (QED) is 0.685. The molecule has 0 aliphatic carbocycles. The SMILES string of the molecule is CC(=O)c1cccc(S(=O)(=O)N2CCN(C(=O)c3ccccc3C(F)(F)F)CC2)c1. The minimum absolute atomic E-state index is 0.0441. The Hall–Kier alpha value is -2.72. The molecule has 6 nitrogen and oxygen atoms in total. The van der Waals surface area contributed by atoms with Gasteiger partial charge in [0.1, 0.15) is 0 Å². The van der Waals surface area contributed by atoms with Crippen molar-refractivity contribution in [3.8, 4) is 0 Å². The third-order valence-electron chi connectivity index (χ3n) is 4.87. The van der Waals surface area contributed by atoms with Gasteiger partial charge in [0, 0.05) is 31.7 Å². The number of halogens is 3. The summed E-state index contributed by atoms with van der Waals surface area (Å²) in [6.07, 6.45) is -4.67. The molecule has 30 heavy (non-hydrogen) atoms. The maximum Gasteiger partial charge on any atom is 0.417 e. The van der Waals surface area contributed by atoms with Gasteiger partial charge in [-0.15, -0.1) is 0 Å². The van der Waals surface area contributed by atoms with E-state index < -0.39 is 33.2 Å². The number of hydrogen-bond acceptors (Lipinski definition) is 4. The average Bonchev–Trinajstić information content (AvgIpc) is 2.72. The molecule has 10 heteroatoms. The van der Waals surface area contributed by atoms with Crippen molar-refractivity contribution in [2.75, 3.05) is 26.2 Å². The Morgan fingerprint density at radius 3 is 2.17 bits per heavy atom. The van der Waals surface area contributed by atoms with Crippen molar-refractivity contribution < 1.29 is 31.2 Å². The van der Waals surface area contributed by atoms with Crippen LogP contribution >= 0.6 is 0 Å². The van der Waals surface area contributed by atoms with Crippen LogP contribution in [0.1, 0.15) is 33.2 Å². The second kappa shape index (κ2) is 8.19. The van der Waals surface area contributed by atoms with E-state index in [1.54, 1.807) is 0 Å². The molecule has 0 radical (unpaired) electrons. The van der Waals surface area contributed by atoms with E-state index in [0.29, 0.717) is 0 Å². The van der Waals surface area contributed by atoms with Crippen LogP contribution in [0.25, 0.3) is 0 Å². The molecule has 2 aromatic carbocycles. The van der Waals surface area contributed by atoms with Gasteiger partial charge in [-0.1, -0.05) is 24.3 Å². The second-order valence-corrected chi connectivity index (χ2v) is 8.76. The fraction of sp³-hybridized carbons (Fsp3) is 0.300. The molecule has 0 saturated carbocycles. The Morgan fingerprint density at radius 2 is 1.57 bits per heavy atom. The summed E-state index contributed by atoms with van der Waals surface area (Å²) in [5.41, 5.74) is -1.23. The van der Waals surface area contributed by atoms with Crippen LogP contribution in [0.5, 0.6) is 0 Å². The van der Waals surface area contributed by atoms with E-state index >= 15 is 0 Å². The molecule has 1 amide bonds. The van der Waals surface area contributed by atoms with E-state index in [4.69, 9.17) is 0 Å². The second-order valence-electron chi connectivity index (χ2n) is 6.82. The molecule has 0 N–H and O–H groups in total. The molecule has 0 spiro atoms. The third kappa shape index (κ3) is 4.39. The summed E-state index contributed by atoms with van der Waals surface area (Å²) < 4.78 is 66.4. The molecule has 2 aromatic rings. The summed E-state index contributed by atoms with van der Waals surface area (Å²) in [4.78, 5) is 25.3. The largest absolute Gasteiger partial charge is 0.417 e. The first-order chi connectivity index (χ1) is 14.0. The minimum atomic E-state index is -4.67. The highest BCUT2D eigenvalue weighted by Gasteiger charge is 2.37. The number of carbonyl (C=O) groups excluding carboxylic acids is 2. The predicted octanol–water partition coefficient (Wildman–Crippen LogP) is 3.05. The lowest BCUT2D eigenvalue weighted by Crippen LogP contribution is -2.50. The van der Waals surface area contributed by atoms with E-state index in [9.17, 15) is 31.2 Å². The number of piperazine rings is 1. The first-order valence-electron chi connectivity index (χ1n) is 9.08. The monoisotopic (exact) mass is 440 g/mol. The molecule has 1 fully saturated rings. The van der Waals surface area contributed by atoms with Crippen molar-refractivity contribution >= 4 is 21.7 Å². The average molecular weight is 440 g/mol. The highest BCUT2D eigenvalue weighted by Crippen LogP contribution is 2.32. The zero-order valence-electron chi connectivity index (χ0n) is 16.0. The number of sulfonamides is 1. The van der Waals surface area contributed by atoms with Crippen molar-refractivity contribution in [3.63, 3.8) is 0 Å². The Labute approximate surface area is 172 Å². The van der Waals surface area contributed by atoms with Gasteiger partial charge in [-0.05, 0) is 31.2 Å². The van der Waals surface area contributed by atoms with Gasteiger partial charge in [0.05, 0.1) is 16.0 Å². The van der Waals surface area contributed by atoms with Crippen molar-refractivity contribution in [1.29, 1.82) is 0 Å². The van der Waals surface area contributed by atoms with Crippen LogP contribution in [0, 0.1) is 0 Å². The molecule has 0 aromatic heterocycles. The molecule has 1 aliphatic heterocycles. The highest BCUT2D eigenvalue weighted by atomic mass is 32.2. The predicted molar refractivity (Wildman–Crippen MR) is 103 cm³/mol. The van der Waals surface area contributed by atoms with Crippen LogP contribution in [0.3, 0.4) is 0 Å². The van der Waals surface area contributed by atoms with Gasteiger partial charge in [0.2, 0.25) is 10.0 Å². The van der Waals surface area contributed by atoms with Gasteiger partial charge in [0.15, 0.2) is 5.78 Å². The molecule has 1 saturated heterocycles. The number of Topliss-reactive ketones (excluding diaryl/α,β-unsaturated/α-hetero) is 1. The molecule has 160 valence electrons. The van der Waals surface area contributed by atoms with E-state index in [1.807, 2.05) is 0 Å². The maximum atomic E-state index is 13.2. The van der Waals surface area contributed by atoms with E-state index in [-0.39, 0.29) is 42.4 Å². The lowest BCUT2D eigenvalue weighted by molar-refractivity contribution is -0.138. The number of benzene rings is 2. The molecule has 0 unspecified atom stereocenters. The fourth-order valence-corrected chi connectivity index (χ4v) is 4.71. The first-order valence-corrected chi connectivity index (χ1v) is 10.5.